The number of benzene rings is 3. The molecule has 36 heavy (non-hydrogen) atoms. The number of imide groups is 1. The van der Waals surface area contributed by atoms with Gasteiger partial charge in [-0.15, -0.1) is 0 Å². The minimum atomic E-state index is -4.25. The van der Waals surface area contributed by atoms with Crippen molar-refractivity contribution in [2.75, 3.05) is 9.62 Å². The van der Waals surface area contributed by atoms with Gasteiger partial charge in [-0.1, -0.05) is 60.2 Å². The number of fused-ring (bicyclic) bond motifs is 1. The number of sulfonamides is 1. The van der Waals surface area contributed by atoms with Crippen molar-refractivity contribution < 1.29 is 22.8 Å². The zero-order valence-electron chi connectivity index (χ0n) is 20.2. The van der Waals surface area contributed by atoms with Gasteiger partial charge in [0.25, 0.3) is 10.0 Å². The molecule has 0 bridgehead atoms. The SMILES string of the molecule is Cc1cc(C)c(S(=O)(=O)N2c3ccccc3NC(=O)C2CC(=O)NC(=O)Cc2ccccc2)c(C)c1. The van der Waals surface area contributed by atoms with Crippen LogP contribution >= 0.6 is 0 Å². The number of nitrogens with one attached hydrogen (secondary N) is 2. The van der Waals surface area contributed by atoms with E-state index < -0.39 is 40.2 Å². The molecular formula is C27H27N3O5S. The Morgan fingerprint density at radius 1 is 0.917 bits per heavy atom. The van der Waals surface area contributed by atoms with E-state index in [1.54, 1.807) is 74.5 Å². The fourth-order valence-electron chi connectivity index (χ4n) is 4.61. The Morgan fingerprint density at radius 3 is 2.19 bits per heavy atom. The summed E-state index contributed by atoms with van der Waals surface area (Å²) < 4.78 is 29.1. The van der Waals surface area contributed by atoms with Crippen LogP contribution in [0.5, 0.6) is 0 Å². The molecule has 3 aromatic carbocycles. The highest BCUT2D eigenvalue weighted by Crippen LogP contribution is 2.38. The molecule has 0 fully saturated rings. The zero-order chi connectivity index (χ0) is 26.0. The van der Waals surface area contributed by atoms with Gasteiger partial charge >= 0.3 is 0 Å². The number of amides is 3. The summed E-state index contributed by atoms with van der Waals surface area (Å²) in [6.45, 7) is 5.28. The number of nitrogens with zero attached hydrogens (tertiary/aromatic N) is 1. The van der Waals surface area contributed by atoms with Gasteiger partial charge in [-0.05, 0) is 49.6 Å². The summed E-state index contributed by atoms with van der Waals surface area (Å²) in [5, 5.41) is 4.97. The lowest BCUT2D eigenvalue weighted by molar-refractivity contribution is -0.131. The molecule has 186 valence electrons. The van der Waals surface area contributed by atoms with Crippen LogP contribution in [0.4, 0.5) is 11.4 Å². The lowest BCUT2D eigenvalue weighted by atomic mass is 10.1. The van der Waals surface area contributed by atoms with Crippen molar-refractivity contribution in [1.82, 2.24) is 5.32 Å². The third-order valence-electron chi connectivity index (χ3n) is 5.97. The van der Waals surface area contributed by atoms with E-state index in [9.17, 15) is 22.8 Å². The first-order valence-corrected chi connectivity index (χ1v) is 12.9. The van der Waals surface area contributed by atoms with Crippen LogP contribution in [0.25, 0.3) is 0 Å². The zero-order valence-corrected chi connectivity index (χ0v) is 21.1. The number of rotatable bonds is 6. The van der Waals surface area contributed by atoms with E-state index in [1.165, 1.54) is 0 Å². The summed E-state index contributed by atoms with van der Waals surface area (Å²) >= 11 is 0. The largest absolute Gasteiger partial charge is 0.322 e. The Kier molecular flexibility index (Phi) is 6.94. The van der Waals surface area contributed by atoms with Gasteiger partial charge in [0.05, 0.1) is 29.1 Å². The number of carbonyl (C=O) groups is 3. The van der Waals surface area contributed by atoms with Crippen molar-refractivity contribution in [2.24, 2.45) is 0 Å². The fourth-order valence-corrected chi connectivity index (χ4v) is 6.67. The van der Waals surface area contributed by atoms with Crippen LogP contribution in [0.2, 0.25) is 0 Å². The summed E-state index contributed by atoms with van der Waals surface area (Å²) in [7, 11) is -4.25. The van der Waals surface area contributed by atoms with Crippen LogP contribution < -0.4 is 14.9 Å². The molecule has 1 atom stereocenters. The normalized spacial score (nSPS) is 15.1. The number of hydrogen-bond donors (Lipinski definition) is 2. The predicted molar refractivity (Wildman–Crippen MR) is 137 cm³/mol. The number of anilines is 2. The van der Waals surface area contributed by atoms with E-state index in [4.69, 9.17) is 0 Å². The second-order valence-electron chi connectivity index (χ2n) is 8.89. The molecule has 0 radical (unpaired) electrons. The van der Waals surface area contributed by atoms with Gasteiger partial charge in [0.2, 0.25) is 17.7 Å². The van der Waals surface area contributed by atoms with Gasteiger partial charge in [-0.2, -0.15) is 0 Å². The lowest BCUT2D eigenvalue weighted by Gasteiger charge is -2.37. The summed E-state index contributed by atoms with van der Waals surface area (Å²) in [5.74, 6) is -1.93. The first-order chi connectivity index (χ1) is 17.1. The molecule has 3 aromatic rings. The molecule has 0 spiro atoms. The van der Waals surface area contributed by atoms with Crippen molar-refractivity contribution >= 4 is 39.1 Å². The summed E-state index contributed by atoms with van der Waals surface area (Å²) in [4.78, 5) is 38.4. The van der Waals surface area contributed by atoms with Gasteiger partial charge < -0.3 is 5.32 Å². The number of aryl methyl sites for hydroxylation is 3. The minimum Gasteiger partial charge on any atom is -0.322 e. The van der Waals surface area contributed by atoms with Gasteiger partial charge in [0, 0.05) is 0 Å². The molecule has 2 N–H and O–H groups in total. The van der Waals surface area contributed by atoms with Gasteiger partial charge in [0.15, 0.2) is 0 Å². The lowest BCUT2D eigenvalue weighted by Crippen LogP contribution is -2.53. The molecular weight excluding hydrogens is 478 g/mol. The third kappa shape index (κ3) is 5.01. The summed E-state index contributed by atoms with van der Waals surface area (Å²) in [6, 6.07) is 17.6. The molecule has 1 aliphatic heterocycles. The Labute approximate surface area is 210 Å². The maximum Gasteiger partial charge on any atom is 0.265 e. The first kappa shape index (κ1) is 25.1. The maximum absolute atomic E-state index is 14.1. The van der Waals surface area contributed by atoms with E-state index in [2.05, 4.69) is 10.6 Å². The fraction of sp³-hybridized carbons (Fsp3) is 0.222. The van der Waals surface area contributed by atoms with E-state index in [-0.39, 0.29) is 17.0 Å². The predicted octanol–water partition coefficient (Wildman–Crippen LogP) is 3.40. The summed E-state index contributed by atoms with van der Waals surface area (Å²) in [6.07, 6.45) is -0.542. The molecule has 1 heterocycles. The molecule has 9 heteroatoms. The van der Waals surface area contributed by atoms with Crippen molar-refractivity contribution in [3.05, 3.63) is 89.0 Å². The van der Waals surface area contributed by atoms with Crippen molar-refractivity contribution in [1.29, 1.82) is 0 Å². The highest BCUT2D eigenvalue weighted by Gasteiger charge is 2.43. The van der Waals surface area contributed by atoms with E-state index in [0.717, 1.165) is 15.4 Å². The molecule has 0 saturated heterocycles. The average molecular weight is 506 g/mol. The van der Waals surface area contributed by atoms with Crippen molar-refractivity contribution in [3.8, 4) is 0 Å². The van der Waals surface area contributed by atoms with E-state index in [0.29, 0.717) is 16.8 Å². The van der Waals surface area contributed by atoms with E-state index >= 15 is 0 Å². The van der Waals surface area contributed by atoms with Gasteiger partial charge in [-0.3, -0.25) is 24.0 Å². The molecule has 0 saturated carbocycles. The van der Waals surface area contributed by atoms with Gasteiger partial charge in [0.1, 0.15) is 6.04 Å². The Hall–Kier alpha value is -3.98. The monoisotopic (exact) mass is 505 g/mol. The van der Waals surface area contributed by atoms with Crippen LogP contribution in [-0.4, -0.2) is 32.2 Å². The molecule has 1 unspecified atom stereocenters. The van der Waals surface area contributed by atoms with Gasteiger partial charge in [-0.25, -0.2) is 8.42 Å². The van der Waals surface area contributed by atoms with E-state index in [1.807, 2.05) is 13.0 Å². The van der Waals surface area contributed by atoms with Crippen LogP contribution in [0.3, 0.4) is 0 Å². The highest BCUT2D eigenvalue weighted by molar-refractivity contribution is 7.93. The summed E-state index contributed by atoms with van der Waals surface area (Å²) in [5.41, 5.74) is 3.29. The standard InChI is InChI=1S/C27H27N3O5S/c1-17-13-18(2)26(19(3)14-17)36(34,35)30-22-12-8-7-11-21(22)28-27(33)23(30)16-25(32)29-24(31)15-20-9-5-4-6-10-20/h4-14,23H,15-16H2,1-3H3,(H,28,33)(H,29,31,32). The smallest absolute Gasteiger partial charge is 0.265 e. The maximum atomic E-state index is 14.1. The van der Waals surface area contributed by atoms with Crippen LogP contribution in [0.1, 0.15) is 28.7 Å². The van der Waals surface area contributed by atoms with Crippen molar-refractivity contribution in [2.45, 2.75) is 44.6 Å². The van der Waals surface area contributed by atoms with Crippen LogP contribution in [0, 0.1) is 20.8 Å². The molecule has 8 nitrogen and oxygen atoms in total. The highest BCUT2D eigenvalue weighted by atomic mass is 32.2. The average Bonchev–Trinajstić information content (AvgIpc) is 2.79. The third-order valence-corrected chi connectivity index (χ3v) is 8.10. The van der Waals surface area contributed by atoms with Crippen LogP contribution in [0.15, 0.2) is 71.6 Å². The second kappa shape index (κ2) is 9.94. The minimum absolute atomic E-state index is 0.0178. The number of hydrogen-bond acceptors (Lipinski definition) is 5. The molecule has 1 aliphatic rings. The van der Waals surface area contributed by atoms with Crippen molar-refractivity contribution in [3.63, 3.8) is 0 Å². The number of carbonyl (C=O) groups excluding carboxylic acids is 3. The Morgan fingerprint density at radius 2 is 1.53 bits per heavy atom. The second-order valence-corrected chi connectivity index (χ2v) is 10.6. The first-order valence-electron chi connectivity index (χ1n) is 11.5. The molecule has 0 aromatic heterocycles. The quantitative estimate of drug-likeness (QED) is 0.533. The molecule has 4 rings (SSSR count). The molecule has 3 amide bonds. The molecule has 0 aliphatic carbocycles. The number of para-hydroxylation sites is 2. The topological polar surface area (TPSA) is 113 Å². The Bertz CT molecular complexity index is 1430. The van der Waals surface area contributed by atoms with Crippen LogP contribution in [-0.2, 0) is 30.8 Å². The Balaban J connectivity index is 1.68.